The lowest BCUT2D eigenvalue weighted by atomic mass is 10.1. The third kappa shape index (κ3) is 4.50. The highest BCUT2D eigenvalue weighted by molar-refractivity contribution is 5.49. The average molecular weight is 432 g/mol. The molecule has 30 heavy (non-hydrogen) atoms. The third-order valence-electron chi connectivity index (χ3n) is 3.88. The van der Waals surface area contributed by atoms with Crippen molar-refractivity contribution in [2.45, 2.75) is 19.4 Å². The van der Waals surface area contributed by atoms with E-state index in [9.17, 15) is 31.9 Å². The maximum atomic E-state index is 13.2. The number of aromatic nitrogens is 4. The zero-order chi connectivity index (χ0) is 22.1. The number of aromatic hydroxyl groups is 1. The van der Waals surface area contributed by atoms with Crippen molar-refractivity contribution in [3.05, 3.63) is 58.0 Å². The maximum Gasteiger partial charge on any atom is 0.573 e. The molecule has 3 aromatic rings. The Hall–Kier alpha value is -3.64. The molecule has 0 aliphatic rings. The van der Waals surface area contributed by atoms with E-state index >= 15 is 0 Å². The van der Waals surface area contributed by atoms with Crippen LogP contribution in [0.2, 0.25) is 0 Å². The van der Waals surface area contributed by atoms with Crippen molar-refractivity contribution < 1.29 is 36.5 Å². The molecule has 0 saturated heterocycles. The van der Waals surface area contributed by atoms with Crippen molar-refractivity contribution >= 4 is 0 Å². The fourth-order valence-electron chi connectivity index (χ4n) is 2.57. The number of phenolic OH excluding ortho intramolecular Hbond substituents is 1. The SMILES string of the molecule is Cn1nnn(-c2cccc(OC(F)(F)F)c2COc2ccc(O)cc2C(F)F)c1=O. The largest absolute Gasteiger partial charge is 0.573 e. The number of ether oxygens (including phenoxy) is 2. The molecule has 13 heteroatoms. The number of phenols is 1. The fourth-order valence-corrected chi connectivity index (χ4v) is 2.57. The molecule has 0 atom stereocenters. The van der Waals surface area contributed by atoms with Crippen molar-refractivity contribution in [1.82, 2.24) is 19.8 Å². The second kappa shape index (κ2) is 8.00. The number of halogens is 5. The molecule has 2 aromatic carbocycles. The molecule has 0 radical (unpaired) electrons. The molecule has 0 fully saturated rings. The fraction of sp³-hybridized carbons (Fsp3) is 0.235. The summed E-state index contributed by atoms with van der Waals surface area (Å²) in [4.78, 5) is 12.1. The minimum Gasteiger partial charge on any atom is -0.508 e. The van der Waals surface area contributed by atoms with E-state index in [1.807, 2.05) is 0 Å². The second-order valence-electron chi connectivity index (χ2n) is 5.91. The average Bonchev–Trinajstić information content (AvgIpc) is 2.98. The van der Waals surface area contributed by atoms with Crippen LogP contribution in [0.25, 0.3) is 5.69 Å². The second-order valence-corrected chi connectivity index (χ2v) is 5.91. The summed E-state index contributed by atoms with van der Waals surface area (Å²) in [6.45, 7) is -0.685. The predicted octanol–water partition coefficient (Wildman–Crippen LogP) is 3.09. The molecule has 8 nitrogen and oxygen atoms in total. The summed E-state index contributed by atoms with van der Waals surface area (Å²) in [5.41, 5.74) is -1.86. The van der Waals surface area contributed by atoms with Crippen LogP contribution in [0.1, 0.15) is 17.6 Å². The number of tetrazole rings is 1. The van der Waals surface area contributed by atoms with Gasteiger partial charge in [-0.2, -0.15) is 9.36 Å². The molecular weight excluding hydrogens is 419 g/mol. The van der Waals surface area contributed by atoms with Gasteiger partial charge in [-0.05, 0) is 40.8 Å². The molecule has 3 rings (SSSR count). The molecule has 0 aliphatic carbocycles. The Morgan fingerprint density at radius 2 is 1.87 bits per heavy atom. The van der Waals surface area contributed by atoms with E-state index in [-0.39, 0.29) is 17.0 Å². The van der Waals surface area contributed by atoms with E-state index in [1.54, 1.807) is 0 Å². The van der Waals surface area contributed by atoms with Crippen molar-refractivity contribution in [1.29, 1.82) is 0 Å². The van der Waals surface area contributed by atoms with Crippen LogP contribution in [0.3, 0.4) is 0 Å². The van der Waals surface area contributed by atoms with Gasteiger partial charge in [0.15, 0.2) is 0 Å². The standard InChI is InChI=1S/C17H13F5N4O4/c1-25-16(28)26(24-23-25)12-3-2-4-14(30-17(20,21)22)11(12)8-29-13-6-5-9(27)7-10(13)15(18)19/h2-7,15,27H,8H2,1H3. The van der Waals surface area contributed by atoms with Crippen LogP contribution in [-0.4, -0.2) is 31.3 Å². The first-order chi connectivity index (χ1) is 14.1. The van der Waals surface area contributed by atoms with Gasteiger partial charge in [0.1, 0.15) is 23.9 Å². The summed E-state index contributed by atoms with van der Waals surface area (Å²) in [6, 6.07) is 6.31. The molecule has 0 unspecified atom stereocenters. The minimum atomic E-state index is -5.06. The first kappa shape index (κ1) is 21.1. The van der Waals surface area contributed by atoms with Crippen molar-refractivity contribution in [3.8, 4) is 22.9 Å². The molecule has 160 valence electrons. The molecule has 0 amide bonds. The number of hydrogen-bond acceptors (Lipinski definition) is 6. The lowest BCUT2D eigenvalue weighted by Crippen LogP contribution is -2.24. The van der Waals surface area contributed by atoms with Crippen LogP contribution in [0, 0.1) is 0 Å². The number of aryl methyl sites for hydroxylation is 1. The molecule has 0 saturated carbocycles. The first-order valence-electron chi connectivity index (χ1n) is 8.17. The summed E-state index contributed by atoms with van der Waals surface area (Å²) < 4.78 is 75.7. The quantitative estimate of drug-likeness (QED) is 0.602. The van der Waals surface area contributed by atoms with Crippen LogP contribution in [0.4, 0.5) is 22.0 Å². The van der Waals surface area contributed by atoms with Gasteiger partial charge < -0.3 is 14.6 Å². The van der Waals surface area contributed by atoms with Crippen molar-refractivity contribution in [3.63, 3.8) is 0 Å². The Morgan fingerprint density at radius 3 is 2.47 bits per heavy atom. The van der Waals surface area contributed by atoms with Gasteiger partial charge >= 0.3 is 12.1 Å². The number of rotatable bonds is 6. The number of alkyl halides is 5. The van der Waals surface area contributed by atoms with Crippen molar-refractivity contribution in [2.24, 2.45) is 7.05 Å². The number of nitrogens with zero attached hydrogens (tertiary/aromatic N) is 4. The highest BCUT2D eigenvalue weighted by Crippen LogP contribution is 2.35. The lowest BCUT2D eigenvalue weighted by Gasteiger charge is -2.17. The summed E-state index contributed by atoms with van der Waals surface area (Å²) in [5, 5.41) is 16.4. The van der Waals surface area contributed by atoms with E-state index in [1.165, 1.54) is 19.2 Å². The van der Waals surface area contributed by atoms with E-state index in [4.69, 9.17) is 4.74 Å². The van der Waals surface area contributed by atoms with Gasteiger partial charge in [0, 0.05) is 7.05 Å². The molecule has 0 bridgehead atoms. The minimum absolute atomic E-state index is 0.146. The van der Waals surface area contributed by atoms with Gasteiger partial charge in [-0.1, -0.05) is 6.07 Å². The normalized spacial score (nSPS) is 11.7. The molecule has 0 spiro atoms. The van der Waals surface area contributed by atoms with Gasteiger partial charge in [0.25, 0.3) is 6.43 Å². The molecule has 1 N–H and O–H groups in total. The van der Waals surface area contributed by atoms with Crippen LogP contribution in [0.15, 0.2) is 41.2 Å². The molecule has 0 aliphatic heterocycles. The lowest BCUT2D eigenvalue weighted by molar-refractivity contribution is -0.275. The Morgan fingerprint density at radius 1 is 1.13 bits per heavy atom. The van der Waals surface area contributed by atoms with Crippen LogP contribution >= 0.6 is 0 Å². The van der Waals surface area contributed by atoms with Crippen LogP contribution in [-0.2, 0) is 13.7 Å². The topological polar surface area (TPSA) is 91.4 Å². The maximum absolute atomic E-state index is 13.2. The summed E-state index contributed by atoms with van der Waals surface area (Å²) >= 11 is 0. The van der Waals surface area contributed by atoms with E-state index in [0.717, 1.165) is 28.9 Å². The van der Waals surface area contributed by atoms with Gasteiger partial charge in [-0.15, -0.1) is 13.2 Å². The van der Waals surface area contributed by atoms with Gasteiger partial charge in [-0.25, -0.2) is 13.6 Å². The van der Waals surface area contributed by atoms with E-state index in [0.29, 0.717) is 4.68 Å². The third-order valence-corrected chi connectivity index (χ3v) is 3.88. The van der Waals surface area contributed by atoms with Gasteiger partial charge in [0.05, 0.1) is 16.8 Å². The van der Waals surface area contributed by atoms with Crippen LogP contribution < -0.4 is 15.2 Å². The van der Waals surface area contributed by atoms with Gasteiger partial charge in [-0.3, -0.25) is 0 Å². The first-order valence-corrected chi connectivity index (χ1v) is 8.17. The Balaban J connectivity index is 2.06. The zero-order valence-corrected chi connectivity index (χ0v) is 15.1. The Kier molecular flexibility index (Phi) is 5.62. The molecule has 1 aromatic heterocycles. The monoisotopic (exact) mass is 432 g/mol. The molecule has 1 heterocycles. The van der Waals surface area contributed by atoms with E-state index in [2.05, 4.69) is 15.2 Å². The summed E-state index contributed by atoms with van der Waals surface area (Å²) in [6.07, 6.45) is -8.08. The molecular formula is C17H13F5N4O4. The highest BCUT2D eigenvalue weighted by Gasteiger charge is 2.33. The number of benzene rings is 2. The van der Waals surface area contributed by atoms with Gasteiger partial charge in [0.2, 0.25) is 0 Å². The summed E-state index contributed by atoms with van der Waals surface area (Å²) in [7, 11) is 1.28. The Bertz CT molecular complexity index is 1110. The number of hydrogen-bond donors (Lipinski definition) is 1. The predicted molar refractivity (Wildman–Crippen MR) is 90.7 cm³/mol. The smallest absolute Gasteiger partial charge is 0.508 e. The van der Waals surface area contributed by atoms with Crippen molar-refractivity contribution in [2.75, 3.05) is 0 Å². The zero-order valence-electron chi connectivity index (χ0n) is 15.1. The highest BCUT2D eigenvalue weighted by atomic mass is 19.4. The Labute approximate surface area is 164 Å². The van der Waals surface area contributed by atoms with E-state index < -0.39 is 42.1 Å². The van der Waals surface area contributed by atoms with Crippen LogP contribution in [0.5, 0.6) is 17.2 Å². The summed E-state index contributed by atoms with van der Waals surface area (Å²) in [5.74, 6) is -1.53.